The van der Waals surface area contributed by atoms with Crippen LogP contribution in [0, 0.1) is 13.8 Å². The van der Waals surface area contributed by atoms with Crippen molar-refractivity contribution in [3.05, 3.63) is 89.5 Å². The van der Waals surface area contributed by atoms with Crippen molar-refractivity contribution >= 4 is 23.4 Å². The van der Waals surface area contributed by atoms with Crippen LogP contribution in [-0.2, 0) is 10.5 Å². The van der Waals surface area contributed by atoms with Gasteiger partial charge in [-0.25, -0.2) is 0 Å². The maximum absolute atomic E-state index is 12.5. The van der Waals surface area contributed by atoms with Crippen LogP contribution < -0.4 is 10.1 Å². The second-order valence-corrected chi connectivity index (χ2v) is 7.87. The molecule has 1 amide bonds. The fourth-order valence-corrected chi connectivity index (χ4v) is 3.68. The number of ether oxygens (including phenoxy) is 1. The van der Waals surface area contributed by atoms with Gasteiger partial charge in [0.1, 0.15) is 5.75 Å². The van der Waals surface area contributed by atoms with Crippen LogP contribution in [0.25, 0.3) is 0 Å². The molecule has 0 radical (unpaired) electrons. The number of benzene rings is 3. The zero-order chi connectivity index (χ0) is 19.9. The van der Waals surface area contributed by atoms with E-state index in [1.165, 1.54) is 10.5 Å². The Morgan fingerprint density at radius 2 is 1.79 bits per heavy atom. The summed E-state index contributed by atoms with van der Waals surface area (Å²) >= 11 is 1.80. The van der Waals surface area contributed by atoms with Crippen molar-refractivity contribution < 1.29 is 9.53 Å². The van der Waals surface area contributed by atoms with Gasteiger partial charge in [-0.3, -0.25) is 4.79 Å². The third kappa shape index (κ3) is 5.64. The van der Waals surface area contributed by atoms with Crippen LogP contribution in [0.1, 0.15) is 23.6 Å². The number of amides is 1. The predicted molar refractivity (Wildman–Crippen MR) is 117 cm³/mol. The SMILES string of the molecule is Cc1cccc(O[C@@H](C)C(=O)Nc2ccc(CSc3ccccc3)cc2C)c1. The van der Waals surface area contributed by atoms with Gasteiger partial charge in [0.05, 0.1) is 0 Å². The molecule has 0 aliphatic carbocycles. The molecular weight excluding hydrogens is 366 g/mol. The van der Waals surface area contributed by atoms with Crippen molar-refractivity contribution in [1.82, 2.24) is 0 Å². The molecule has 0 bridgehead atoms. The lowest BCUT2D eigenvalue weighted by molar-refractivity contribution is -0.122. The molecule has 3 aromatic rings. The van der Waals surface area contributed by atoms with E-state index in [4.69, 9.17) is 4.74 Å². The number of carbonyl (C=O) groups is 1. The van der Waals surface area contributed by atoms with Gasteiger partial charge >= 0.3 is 0 Å². The van der Waals surface area contributed by atoms with E-state index in [0.717, 1.165) is 22.6 Å². The number of aryl methyl sites for hydroxylation is 2. The Hall–Kier alpha value is -2.72. The van der Waals surface area contributed by atoms with Crippen molar-refractivity contribution in [3.63, 3.8) is 0 Å². The molecule has 4 heteroatoms. The normalized spacial score (nSPS) is 11.7. The maximum atomic E-state index is 12.5. The third-order valence-electron chi connectivity index (χ3n) is 4.37. The van der Waals surface area contributed by atoms with E-state index >= 15 is 0 Å². The topological polar surface area (TPSA) is 38.3 Å². The first kappa shape index (κ1) is 20.0. The van der Waals surface area contributed by atoms with Crippen molar-refractivity contribution in [3.8, 4) is 5.75 Å². The molecule has 1 N–H and O–H groups in total. The lowest BCUT2D eigenvalue weighted by Gasteiger charge is -2.16. The minimum atomic E-state index is -0.575. The smallest absolute Gasteiger partial charge is 0.265 e. The molecule has 0 aromatic heterocycles. The van der Waals surface area contributed by atoms with E-state index in [1.807, 2.05) is 62.4 Å². The Bertz CT molecular complexity index is 940. The van der Waals surface area contributed by atoms with Crippen molar-refractivity contribution in [1.29, 1.82) is 0 Å². The third-order valence-corrected chi connectivity index (χ3v) is 5.45. The van der Waals surface area contributed by atoms with E-state index in [0.29, 0.717) is 5.75 Å². The molecule has 144 valence electrons. The molecule has 28 heavy (non-hydrogen) atoms. The van der Waals surface area contributed by atoms with Gasteiger partial charge in [-0.2, -0.15) is 0 Å². The molecule has 1 atom stereocenters. The quantitative estimate of drug-likeness (QED) is 0.502. The summed E-state index contributed by atoms with van der Waals surface area (Å²) < 4.78 is 5.76. The number of hydrogen-bond donors (Lipinski definition) is 1. The molecule has 3 nitrogen and oxygen atoms in total. The average Bonchev–Trinajstić information content (AvgIpc) is 2.69. The summed E-state index contributed by atoms with van der Waals surface area (Å²) in [5, 5.41) is 2.98. The van der Waals surface area contributed by atoms with Gasteiger partial charge in [0.2, 0.25) is 0 Å². The molecule has 0 aliphatic heterocycles. The summed E-state index contributed by atoms with van der Waals surface area (Å²) in [7, 11) is 0. The molecule has 0 saturated carbocycles. The lowest BCUT2D eigenvalue weighted by Crippen LogP contribution is -2.30. The van der Waals surface area contributed by atoms with Crippen LogP contribution in [0.15, 0.2) is 77.7 Å². The summed E-state index contributed by atoms with van der Waals surface area (Å²) in [6.07, 6.45) is -0.575. The fraction of sp³-hybridized carbons (Fsp3) is 0.208. The fourth-order valence-electron chi connectivity index (χ4n) is 2.82. The Morgan fingerprint density at radius 3 is 2.50 bits per heavy atom. The van der Waals surface area contributed by atoms with Crippen molar-refractivity contribution in [2.45, 2.75) is 37.5 Å². The van der Waals surface area contributed by atoms with Crippen LogP contribution in [0.3, 0.4) is 0 Å². The van der Waals surface area contributed by atoms with Crippen LogP contribution >= 0.6 is 11.8 Å². The number of thioether (sulfide) groups is 1. The molecule has 3 aromatic carbocycles. The van der Waals surface area contributed by atoms with Gasteiger partial charge in [-0.15, -0.1) is 11.8 Å². The highest BCUT2D eigenvalue weighted by atomic mass is 32.2. The first-order valence-corrected chi connectivity index (χ1v) is 10.3. The predicted octanol–water partition coefficient (Wildman–Crippen LogP) is 6.00. The van der Waals surface area contributed by atoms with E-state index in [9.17, 15) is 4.79 Å². The van der Waals surface area contributed by atoms with Gasteiger partial charge in [-0.1, -0.05) is 42.5 Å². The van der Waals surface area contributed by atoms with Crippen LogP contribution in [0.2, 0.25) is 0 Å². The zero-order valence-corrected chi connectivity index (χ0v) is 17.3. The highest BCUT2D eigenvalue weighted by Crippen LogP contribution is 2.25. The standard InChI is InChI=1S/C24H25NO2S/c1-17-8-7-9-21(14-17)27-19(3)24(26)25-23-13-12-20(15-18(23)2)16-28-22-10-5-4-6-11-22/h4-15,19H,16H2,1-3H3,(H,25,26)/t19-/m0/s1. The number of rotatable bonds is 7. The number of nitrogens with one attached hydrogen (secondary N) is 1. The van der Waals surface area contributed by atoms with E-state index in [-0.39, 0.29) is 5.91 Å². The summed E-state index contributed by atoms with van der Waals surface area (Å²) in [6.45, 7) is 5.77. The van der Waals surface area contributed by atoms with Gasteiger partial charge in [-0.05, 0) is 67.8 Å². The van der Waals surface area contributed by atoms with Crippen LogP contribution in [0.4, 0.5) is 5.69 Å². The van der Waals surface area contributed by atoms with Crippen molar-refractivity contribution in [2.24, 2.45) is 0 Å². The molecule has 0 unspecified atom stereocenters. The van der Waals surface area contributed by atoms with E-state index in [1.54, 1.807) is 18.7 Å². The molecule has 0 aliphatic rings. The highest BCUT2D eigenvalue weighted by Gasteiger charge is 2.16. The summed E-state index contributed by atoms with van der Waals surface area (Å²) in [4.78, 5) is 13.8. The second kappa shape index (κ2) is 9.47. The number of carbonyl (C=O) groups excluding carboxylic acids is 1. The monoisotopic (exact) mass is 391 g/mol. The molecule has 0 heterocycles. The Morgan fingerprint density at radius 1 is 1.00 bits per heavy atom. The summed E-state index contributed by atoms with van der Waals surface area (Å²) in [5.74, 6) is 1.44. The Kier molecular flexibility index (Phi) is 6.77. The maximum Gasteiger partial charge on any atom is 0.265 e. The Balaban J connectivity index is 1.58. The molecule has 0 fully saturated rings. The summed E-state index contributed by atoms with van der Waals surface area (Å²) in [5.41, 5.74) is 4.19. The Labute approximate surface area is 171 Å². The van der Waals surface area contributed by atoms with E-state index < -0.39 is 6.10 Å². The van der Waals surface area contributed by atoms with Crippen molar-refractivity contribution in [2.75, 3.05) is 5.32 Å². The molecule has 3 rings (SSSR count). The van der Waals surface area contributed by atoms with Crippen LogP contribution in [0.5, 0.6) is 5.75 Å². The minimum absolute atomic E-state index is 0.156. The lowest BCUT2D eigenvalue weighted by atomic mass is 10.1. The van der Waals surface area contributed by atoms with Gasteiger partial charge in [0.25, 0.3) is 5.91 Å². The largest absolute Gasteiger partial charge is 0.481 e. The first-order chi connectivity index (χ1) is 13.5. The molecule has 0 spiro atoms. The summed E-state index contributed by atoms with van der Waals surface area (Å²) in [6, 6.07) is 24.2. The zero-order valence-electron chi connectivity index (χ0n) is 16.4. The van der Waals surface area contributed by atoms with Crippen LogP contribution in [-0.4, -0.2) is 12.0 Å². The average molecular weight is 392 g/mol. The highest BCUT2D eigenvalue weighted by molar-refractivity contribution is 7.98. The van der Waals surface area contributed by atoms with Gasteiger partial charge in [0, 0.05) is 16.3 Å². The molecule has 0 saturated heterocycles. The van der Waals surface area contributed by atoms with Gasteiger partial charge in [0.15, 0.2) is 6.10 Å². The minimum Gasteiger partial charge on any atom is -0.481 e. The van der Waals surface area contributed by atoms with Gasteiger partial charge < -0.3 is 10.1 Å². The molecular formula is C24H25NO2S. The second-order valence-electron chi connectivity index (χ2n) is 6.82. The number of anilines is 1. The van der Waals surface area contributed by atoms with E-state index in [2.05, 4.69) is 29.6 Å². The first-order valence-electron chi connectivity index (χ1n) is 9.33. The number of hydrogen-bond acceptors (Lipinski definition) is 3.